The summed E-state index contributed by atoms with van der Waals surface area (Å²) in [4.78, 5) is 31.4. The molecule has 3 rings (SSSR count). The number of para-hydroxylation sites is 1. The Hall–Kier alpha value is -2.63. The maximum Gasteiger partial charge on any atom is 0.356 e. The number of imidazole rings is 1. The number of amides is 1. The third-order valence-corrected chi connectivity index (χ3v) is 5.05. The number of rotatable bonds is 2. The highest BCUT2D eigenvalue weighted by Gasteiger charge is 2.44. The number of aromatic nitrogens is 2. The molecule has 1 aliphatic rings. The van der Waals surface area contributed by atoms with Crippen LogP contribution in [-0.2, 0) is 9.53 Å². The number of hydrogen-bond acceptors (Lipinski definition) is 4. The van der Waals surface area contributed by atoms with Gasteiger partial charge < -0.3 is 14.2 Å². The molecular formula is C21H27N3O3. The van der Waals surface area contributed by atoms with Crippen LogP contribution in [0.15, 0.2) is 36.8 Å². The fraction of sp³-hybridized carbons (Fsp3) is 0.476. The van der Waals surface area contributed by atoms with Crippen LogP contribution in [0.25, 0.3) is 0 Å². The Labute approximate surface area is 160 Å². The fourth-order valence-corrected chi connectivity index (χ4v) is 3.85. The lowest BCUT2D eigenvalue weighted by molar-refractivity contribution is -0.126. The first-order valence-electron chi connectivity index (χ1n) is 9.09. The summed E-state index contributed by atoms with van der Waals surface area (Å²) >= 11 is 0. The van der Waals surface area contributed by atoms with Crippen molar-refractivity contribution in [1.82, 2.24) is 9.55 Å². The zero-order valence-electron chi connectivity index (χ0n) is 16.8. The Bertz CT molecular complexity index is 877. The minimum atomic E-state index is -0.484. The zero-order chi connectivity index (χ0) is 20.0. The molecule has 6 heteroatoms. The molecular weight excluding hydrogens is 342 g/mol. The summed E-state index contributed by atoms with van der Waals surface area (Å²) in [6.07, 6.45) is 3.19. The van der Waals surface area contributed by atoms with Gasteiger partial charge in [-0.2, -0.15) is 0 Å². The second-order valence-electron chi connectivity index (χ2n) is 8.77. The molecule has 27 heavy (non-hydrogen) atoms. The van der Waals surface area contributed by atoms with Crippen LogP contribution >= 0.6 is 0 Å². The quantitative estimate of drug-likeness (QED) is 0.758. The van der Waals surface area contributed by atoms with Crippen LogP contribution in [0.3, 0.4) is 0 Å². The first-order chi connectivity index (χ1) is 12.6. The number of ether oxygens (including phenoxy) is 1. The average molecular weight is 369 g/mol. The molecule has 0 saturated heterocycles. The van der Waals surface area contributed by atoms with E-state index in [4.69, 9.17) is 4.74 Å². The molecule has 2 aromatic rings. The van der Waals surface area contributed by atoms with Crippen LogP contribution in [0, 0.1) is 10.8 Å². The van der Waals surface area contributed by atoms with Crippen LogP contribution in [-0.4, -0.2) is 35.1 Å². The Kier molecular flexibility index (Phi) is 4.62. The molecule has 1 amide bonds. The Balaban J connectivity index is 2.18. The second-order valence-corrected chi connectivity index (χ2v) is 8.77. The summed E-state index contributed by atoms with van der Waals surface area (Å²) < 4.78 is 6.79. The standard InChI is InChI=1S/C21H27N3O3/c1-20(2,3)19(26)23-12-21(4,5)17(14-9-7-8-10-15(14)23)24-13-22-11-16(24)18(25)27-6/h7-11,13,17H,12H2,1-6H3. The molecule has 1 unspecified atom stereocenters. The van der Waals surface area contributed by atoms with Gasteiger partial charge >= 0.3 is 5.97 Å². The van der Waals surface area contributed by atoms with E-state index >= 15 is 0 Å². The van der Waals surface area contributed by atoms with E-state index in [9.17, 15) is 9.59 Å². The normalized spacial score (nSPS) is 18.7. The number of carbonyl (C=O) groups excluding carboxylic acids is 2. The lowest BCUT2D eigenvalue weighted by Gasteiger charge is -2.47. The van der Waals surface area contributed by atoms with E-state index in [2.05, 4.69) is 18.8 Å². The molecule has 1 aromatic heterocycles. The molecule has 0 spiro atoms. The van der Waals surface area contributed by atoms with Crippen LogP contribution in [0.5, 0.6) is 0 Å². The fourth-order valence-electron chi connectivity index (χ4n) is 3.85. The number of methoxy groups -OCH3 is 1. The summed E-state index contributed by atoms with van der Waals surface area (Å²) in [7, 11) is 1.36. The third kappa shape index (κ3) is 3.24. The Morgan fingerprint density at radius 3 is 2.52 bits per heavy atom. The minimum absolute atomic E-state index is 0.0836. The molecule has 2 heterocycles. The van der Waals surface area contributed by atoms with Crippen molar-refractivity contribution in [2.45, 2.75) is 40.7 Å². The predicted octanol–water partition coefficient (Wildman–Crippen LogP) is 3.68. The van der Waals surface area contributed by atoms with E-state index in [-0.39, 0.29) is 17.4 Å². The highest BCUT2D eigenvalue weighted by atomic mass is 16.5. The SMILES string of the molecule is COC(=O)c1cncn1C1c2ccccc2N(C(=O)C(C)(C)C)CC1(C)C. The van der Waals surface area contributed by atoms with Gasteiger partial charge in [-0.25, -0.2) is 9.78 Å². The Morgan fingerprint density at radius 2 is 1.89 bits per heavy atom. The van der Waals surface area contributed by atoms with E-state index < -0.39 is 11.4 Å². The number of esters is 1. The monoisotopic (exact) mass is 369 g/mol. The van der Waals surface area contributed by atoms with Crippen LogP contribution in [0.2, 0.25) is 0 Å². The minimum Gasteiger partial charge on any atom is -0.464 e. The second kappa shape index (κ2) is 6.51. The summed E-state index contributed by atoms with van der Waals surface area (Å²) in [5, 5.41) is 0. The first kappa shape index (κ1) is 19.1. The molecule has 1 aromatic carbocycles. The maximum atomic E-state index is 13.1. The van der Waals surface area contributed by atoms with E-state index in [0.717, 1.165) is 11.3 Å². The molecule has 144 valence electrons. The summed E-state index contributed by atoms with van der Waals surface area (Å²) in [6.45, 7) is 10.6. The van der Waals surface area contributed by atoms with Gasteiger partial charge in [-0.15, -0.1) is 0 Å². The molecule has 0 aliphatic carbocycles. The summed E-state index contributed by atoms with van der Waals surface area (Å²) in [5.74, 6) is -0.339. The maximum absolute atomic E-state index is 13.1. The van der Waals surface area contributed by atoms with Crippen molar-refractivity contribution in [1.29, 1.82) is 0 Å². The first-order valence-corrected chi connectivity index (χ1v) is 9.09. The van der Waals surface area contributed by atoms with Crippen LogP contribution in [0.4, 0.5) is 5.69 Å². The van der Waals surface area contributed by atoms with Crippen molar-refractivity contribution in [3.05, 3.63) is 48.0 Å². The molecule has 0 saturated carbocycles. The van der Waals surface area contributed by atoms with Crippen molar-refractivity contribution in [2.75, 3.05) is 18.6 Å². The topological polar surface area (TPSA) is 64.4 Å². The van der Waals surface area contributed by atoms with Gasteiger partial charge in [-0.3, -0.25) is 4.79 Å². The molecule has 0 fully saturated rings. The highest BCUT2D eigenvalue weighted by Crippen LogP contribution is 2.47. The molecule has 1 aliphatic heterocycles. The largest absolute Gasteiger partial charge is 0.464 e. The highest BCUT2D eigenvalue weighted by molar-refractivity contribution is 5.98. The van der Waals surface area contributed by atoms with Gasteiger partial charge in [0, 0.05) is 23.1 Å². The third-order valence-electron chi connectivity index (χ3n) is 5.05. The van der Waals surface area contributed by atoms with Crippen molar-refractivity contribution in [3.8, 4) is 0 Å². The molecule has 1 atom stereocenters. The van der Waals surface area contributed by atoms with Gasteiger partial charge in [0.2, 0.25) is 5.91 Å². The van der Waals surface area contributed by atoms with Gasteiger partial charge in [0.15, 0.2) is 0 Å². The number of benzene rings is 1. The molecule has 0 bridgehead atoms. The van der Waals surface area contributed by atoms with Crippen molar-refractivity contribution in [2.24, 2.45) is 10.8 Å². The van der Waals surface area contributed by atoms with Crippen LogP contribution in [0.1, 0.15) is 56.7 Å². The number of fused-ring (bicyclic) bond motifs is 1. The van der Waals surface area contributed by atoms with Crippen molar-refractivity contribution < 1.29 is 14.3 Å². The summed E-state index contributed by atoms with van der Waals surface area (Å²) in [5.41, 5.74) is 1.47. The lowest BCUT2D eigenvalue weighted by Crippen LogP contribution is -2.51. The van der Waals surface area contributed by atoms with E-state index in [0.29, 0.717) is 12.2 Å². The van der Waals surface area contributed by atoms with E-state index in [1.807, 2.05) is 54.5 Å². The number of nitrogens with zero attached hydrogens (tertiary/aromatic N) is 3. The Morgan fingerprint density at radius 1 is 1.22 bits per heavy atom. The lowest BCUT2D eigenvalue weighted by atomic mass is 9.75. The smallest absolute Gasteiger partial charge is 0.356 e. The van der Waals surface area contributed by atoms with Crippen molar-refractivity contribution >= 4 is 17.6 Å². The molecule has 6 nitrogen and oxygen atoms in total. The van der Waals surface area contributed by atoms with Crippen molar-refractivity contribution in [3.63, 3.8) is 0 Å². The van der Waals surface area contributed by atoms with Gasteiger partial charge in [-0.05, 0) is 11.6 Å². The van der Waals surface area contributed by atoms with Gasteiger partial charge in [0.25, 0.3) is 0 Å². The average Bonchev–Trinajstić information content (AvgIpc) is 3.07. The van der Waals surface area contributed by atoms with Gasteiger partial charge in [-0.1, -0.05) is 52.8 Å². The summed E-state index contributed by atoms with van der Waals surface area (Å²) in [6, 6.07) is 7.74. The van der Waals surface area contributed by atoms with Gasteiger partial charge in [0.05, 0.1) is 25.7 Å². The number of hydrogen-bond donors (Lipinski definition) is 0. The predicted molar refractivity (Wildman–Crippen MR) is 104 cm³/mol. The number of anilines is 1. The van der Waals surface area contributed by atoms with Gasteiger partial charge in [0.1, 0.15) is 5.69 Å². The van der Waals surface area contributed by atoms with E-state index in [1.54, 1.807) is 6.33 Å². The molecule has 0 N–H and O–H groups in total. The molecule has 0 radical (unpaired) electrons. The van der Waals surface area contributed by atoms with E-state index in [1.165, 1.54) is 13.3 Å². The van der Waals surface area contributed by atoms with Crippen LogP contribution < -0.4 is 4.90 Å². The number of carbonyl (C=O) groups is 2. The zero-order valence-corrected chi connectivity index (χ0v) is 16.8.